The van der Waals surface area contributed by atoms with Crippen LogP contribution in [0.1, 0.15) is 12.6 Å². The highest BCUT2D eigenvalue weighted by Crippen LogP contribution is 2.21. The van der Waals surface area contributed by atoms with Crippen molar-refractivity contribution in [2.45, 2.75) is 19.4 Å². The number of imidazole rings is 1. The van der Waals surface area contributed by atoms with E-state index in [2.05, 4.69) is 20.9 Å². The van der Waals surface area contributed by atoms with Gasteiger partial charge in [0.1, 0.15) is 0 Å². The van der Waals surface area contributed by atoms with Crippen LogP contribution in [-0.2, 0) is 6.42 Å². The number of pyridine rings is 1. The molecule has 2 N–H and O–H groups in total. The third-order valence-corrected chi connectivity index (χ3v) is 2.74. The molecule has 0 aliphatic rings. The van der Waals surface area contributed by atoms with Crippen LogP contribution in [0.4, 0.5) is 0 Å². The maximum Gasteiger partial charge on any atom is 0.0995 e. The molecular formula is C10H12BrN3. The number of fused-ring (bicyclic) bond motifs is 1. The minimum atomic E-state index is 0.140. The fraction of sp³-hybridized carbons (Fsp3) is 0.300. The van der Waals surface area contributed by atoms with E-state index in [9.17, 15) is 0 Å². The van der Waals surface area contributed by atoms with Crippen molar-refractivity contribution in [1.29, 1.82) is 0 Å². The van der Waals surface area contributed by atoms with Crippen LogP contribution in [0.5, 0.6) is 0 Å². The molecule has 0 saturated heterocycles. The van der Waals surface area contributed by atoms with E-state index in [1.165, 1.54) is 0 Å². The monoisotopic (exact) mass is 253 g/mol. The molecule has 0 aromatic carbocycles. The van der Waals surface area contributed by atoms with E-state index in [4.69, 9.17) is 5.73 Å². The number of aromatic nitrogens is 2. The molecule has 0 aliphatic heterocycles. The van der Waals surface area contributed by atoms with Crippen molar-refractivity contribution < 1.29 is 0 Å². The summed E-state index contributed by atoms with van der Waals surface area (Å²) in [5, 5.41) is 0. The van der Waals surface area contributed by atoms with Crippen molar-refractivity contribution in [3.05, 3.63) is 34.8 Å². The smallest absolute Gasteiger partial charge is 0.0995 e. The van der Waals surface area contributed by atoms with Gasteiger partial charge in [-0.15, -0.1) is 0 Å². The van der Waals surface area contributed by atoms with Crippen molar-refractivity contribution in [2.24, 2.45) is 5.73 Å². The minimum absolute atomic E-state index is 0.140. The van der Waals surface area contributed by atoms with Crippen molar-refractivity contribution >= 4 is 21.4 Å². The summed E-state index contributed by atoms with van der Waals surface area (Å²) in [4.78, 5) is 4.35. The second-order valence-electron chi connectivity index (χ2n) is 3.48. The van der Waals surface area contributed by atoms with Gasteiger partial charge < -0.3 is 10.1 Å². The molecule has 0 saturated carbocycles. The van der Waals surface area contributed by atoms with E-state index in [0.717, 1.165) is 22.1 Å². The first-order valence-electron chi connectivity index (χ1n) is 4.54. The number of halogens is 1. The molecule has 0 fully saturated rings. The number of nitrogens with zero attached hydrogens (tertiary/aromatic N) is 2. The van der Waals surface area contributed by atoms with E-state index in [-0.39, 0.29) is 6.04 Å². The van der Waals surface area contributed by atoms with Gasteiger partial charge in [-0.05, 0) is 35.0 Å². The Hall–Kier alpha value is -0.870. The third kappa shape index (κ3) is 1.67. The van der Waals surface area contributed by atoms with Gasteiger partial charge in [0.15, 0.2) is 0 Å². The van der Waals surface area contributed by atoms with Gasteiger partial charge >= 0.3 is 0 Å². The standard InChI is InChI=1S/C10H12BrN3/c1-7(12)5-9-10-8(11)3-2-4-14(10)6-13-9/h2-4,6-7H,5,12H2,1H3. The Morgan fingerprint density at radius 2 is 2.43 bits per heavy atom. The Balaban J connectivity index is 2.55. The fourth-order valence-electron chi connectivity index (χ4n) is 1.53. The first-order valence-corrected chi connectivity index (χ1v) is 5.33. The van der Waals surface area contributed by atoms with Gasteiger partial charge in [0.05, 0.1) is 17.5 Å². The van der Waals surface area contributed by atoms with E-state index >= 15 is 0 Å². The van der Waals surface area contributed by atoms with Crippen LogP contribution >= 0.6 is 15.9 Å². The lowest BCUT2D eigenvalue weighted by Gasteiger charge is -2.03. The van der Waals surface area contributed by atoms with Crippen LogP contribution < -0.4 is 5.73 Å². The van der Waals surface area contributed by atoms with Gasteiger partial charge in [0, 0.05) is 23.1 Å². The summed E-state index contributed by atoms with van der Waals surface area (Å²) in [7, 11) is 0. The molecule has 2 aromatic heterocycles. The van der Waals surface area contributed by atoms with Gasteiger partial charge in [-0.3, -0.25) is 0 Å². The van der Waals surface area contributed by atoms with Gasteiger partial charge in [0.25, 0.3) is 0 Å². The van der Waals surface area contributed by atoms with Crippen LogP contribution in [-0.4, -0.2) is 15.4 Å². The number of nitrogens with two attached hydrogens (primary N) is 1. The highest BCUT2D eigenvalue weighted by molar-refractivity contribution is 9.10. The van der Waals surface area contributed by atoms with Gasteiger partial charge in [0.2, 0.25) is 0 Å². The molecule has 2 rings (SSSR count). The Morgan fingerprint density at radius 3 is 3.14 bits per heavy atom. The van der Waals surface area contributed by atoms with E-state index in [1.807, 2.05) is 36.0 Å². The average Bonchev–Trinajstić information content (AvgIpc) is 2.49. The summed E-state index contributed by atoms with van der Waals surface area (Å²) in [6.45, 7) is 1.99. The molecule has 74 valence electrons. The van der Waals surface area contributed by atoms with Gasteiger partial charge in [-0.1, -0.05) is 0 Å². The molecular weight excluding hydrogens is 242 g/mol. The summed E-state index contributed by atoms with van der Waals surface area (Å²) in [5.41, 5.74) is 7.92. The molecule has 3 nitrogen and oxygen atoms in total. The molecule has 2 aromatic rings. The normalized spacial score (nSPS) is 13.4. The molecule has 2 heterocycles. The Bertz CT molecular complexity index is 448. The summed E-state index contributed by atoms with van der Waals surface area (Å²) in [5.74, 6) is 0. The average molecular weight is 254 g/mol. The molecule has 1 unspecified atom stereocenters. The summed E-state index contributed by atoms with van der Waals surface area (Å²) < 4.78 is 3.06. The van der Waals surface area contributed by atoms with Crippen molar-refractivity contribution in [3.63, 3.8) is 0 Å². The molecule has 0 bridgehead atoms. The molecule has 0 radical (unpaired) electrons. The largest absolute Gasteiger partial charge is 0.328 e. The van der Waals surface area contributed by atoms with E-state index in [1.54, 1.807) is 0 Å². The highest BCUT2D eigenvalue weighted by atomic mass is 79.9. The van der Waals surface area contributed by atoms with Crippen LogP contribution in [0.25, 0.3) is 5.52 Å². The van der Waals surface area contributed by atoms with Crippen LogP contribution in [0.2, 0.25) is 0 Å². The molecule has 0 spiro atoms. The first kappa shape index (κ1) is 9.68. The van der Waals surface area contributed by atoms with Gasteiger partial charge in [-0.25, -0.2) is 4.98 Å². The summed E-state index contributed by atoms with van der Waals surface area (Å²) >= 11 is 3.52. The minimum Gasteiger partial charge on any atom is -0.328 e. The van der Waals surface area contributed by atoms with Crippen LogP contribution in [0, 0.1) is 0 Å². The number of rotatable bonds is 2. The SMILES string of the molecule is CC(N)Cc1ncn2cccc(Br)c12. The second kappa shape index (κ2) is 3.71. The third-order valence-electron chi connectivity index (χ3n) is 2.10. The van der Waals surface area contributed by atoms with E-state index in [0.29, 0.717) is 0 Å². The van der Waals surface area contributed by atoms with Crippen molar-refractivity contribution in [2.75, 3.05) is 0 Å². The zero-order chi connectivity index (χ0) is 10.1. The topological polar surface area (TPSA) is 43.3 Å². The highest BCUT2D eigenvalue weighted by Gasteiger charge is 2.08. The Labute approximate surface area is 91.1 Å². The molecule has 1 atom stereocenters. The summed E-state index contributed by atoms with van der Waals surface area (Å²) in [6, 6.07) is 4.14. The predicted octanol–water partition coefficient (Wildman–Crippen LogP) is 1.99. The zero-order valence-corrected chi connectivity index (χ0v) is 9.53. The van der Waals surface area contributed by atoms with Crippen molar-refractivity contribution in [3.8, 4) is 0 Å². The lowest BCUT2D eigenvalue weighted by molar-refractivity contribution is 0.729. The van der Waals surface area contributed by atoms with Crippen LogP contribution in [0.3, 0.4) is 0 Å². The first-order chi connectivity index (χ1) is 6.68. The lowest BCUT2D eigenvalue weighted by atomic mass is 10.2. The van der Waals surface area contributed by atoms with Crippen LogP contribution in [0.15, 0.2) is 29.1 Å². The molecule has 14 heavy (non-hydrogen) atoms. The van der Waals surface area contributed by atoms with Crippen molar-refractivity contribution in [1.82, 2.24) is 9.38 Å². The summed E-state index contributed by atoms with van der Waals surface area (Å²) in [6.07, 6.45) is 4.61. The Kier molecular flexibility index (Phi) is 2.56. The Morgan fingerprint density at radius 1 is 1.64 bits per heavy atom. The molecule has 0 amide bonds. The second-order valence-corrected chi connectivity index (χ2v) is 4.34. The fourth-order valence-corrected chi connectivity index (χ4v) is 2.11. The predicted molar refractivity (Wildman–Crippen MR) is 60.2 cm³/mol. The number of hydrogen-bond donors (Lipinski definition) is 1. The van der Waals surface area contributed by atoms with E-state index < -0.39 is 0 Å². The molecule has 4 heteroatoms. The zero-order valence-electron chi connectivity index (χ0n) is 7.94. The number of hydrogen-bond acceptors (Lipinski definition) is 2. The maximum atomic E-state index is 5.76. The quantitative estimate of drug-likeness (QED) is 0.890. The lowest BCUT2D eigenvalue weighted by Crippen LogP contribution is -2.18. The maximum absolute atomic E-state index is 5.76. The van der Waals surface area contributed by atoms with Gasteiger partial charge in [-0.2, -0.15) is 0 Å². The molecule has 0 aliphatic carbocycles.